The predicted octanol–water partition coefficient (Wildman–Crippen LogP) is 4.67. The van der Waals surface area contributed by atoms with Crippen LogP contribution in [-0.2, 0) is 9.63 Å². The Morgan fingerprint density at radius 1 is 1.16 bits per heavy atom. The number of rotatable bonds is 6. The van der Waals surface area contributed by atoms with E-state index in [2.05, 4.69) is 20.9 Å². The Bertz CT molecular complexity index is 1150. The Balaban J connectivity index is 1.40. The summed E-state index contributed by atoms with van der Waals surface area (Å²) in [6.07, 6.45) is 3.23. The molecule has 2 aromatic rings. The number of nitrogens with one attached hydrogen (secondary N) is 1. The van der Waals surface area contributed by atoms with E-state index >= 15 is 0 Å². The molecule has 2 aromatic carbocycles. The summed E-state index contributed by atoms with van der Waals surface area (Å²) in [7, 11) is 0. The second-order valence-electron chi connectivity index (χ2n) is 7.03. The van der Waals surface area contributed by atoms with Crippen molar-refractivity contribution in [2.75, 3.05) is 13.2 Å². The van der Waals surface area contributed by atoms with E-state index in [-0.39, 0.29) is 11.4 Å². The molecule has 2 aliphatic heterocycles. The molecule has 31 heavy (non-hydrogen) atoms. The maximum atomic E-state index is 12.4. The number of benzene rings is 2. The highest BCUT2D eigenvalue weighted by Gasteiger charge is 2.34. The lowest BCUT2D eigenvalue weighted by Gasteiger charge is -2.23. The summed E-state index contributed by atoms with van der Waals surface area (Å²) in [5.41, 5.74) is 2.02. The van der Waals surface area contributed by atoms with Crippen molar-refractivity contribution in [3.8, 4) is 11.5 Å². The Morgan fingerprint density at radius 2 is 1.97 bits per heavy atom. The summed E-state index contributed by atoms with van der Waals surface area (Å²) in [6.45, 7) is 4.55. The van der Waals surface area contributed by atoms with Gasteiger partial charge in [0.05, 0.1) is 10.0 Å². The van der Waals surface area contributed by atoms with E-state index in [4.69, 9.17) is 19.7 Å². The van der Waals surface area contributed by atoms with Crippen molar-refractivity contribution in [1.29, 1.82) is 5.41 Å². The highest BCUT2D eigenvalue weighted by atomic mass is 79.9. The molecule has 4 rings (SSSR count). The predicted molar refractivity (Wildman–Crippen MR) is 121 cm³/mol. The molecule has 2 heterocycles. The Morgan fingerprint density at radius 3 is 2.74 bits per heavy atom. The molecule has 1 amide bonds. The number of halogens is 1. The number of carbonyl (C=O) groups is 1. The van der Waals surface area contributed by atoms with E-state index in [1.165, 1.54) is 5.06 Å². The van der Waals surface area contributed by atoms with Crippen LogP contribution in [0.3, 0.4) is 0 Å². The number of hydrogen-bond acceptors (Lipinski definition) is 5. The van der Waals surface area contributed by atoms with Crippen molar-refractivity contribution < 1.29 is 19.1 Å². The number of fused-ring (bicyclic) bond motifs is 1. The van der Waals surface area contributed by atoms with Gasteiger partial charge in [-0.2, -0.15) is 4.99 Å². The van der Waals surface area contributed by atoms with Gasteiger partial charge in [0.1, 0.15) is 30.5 Å². The average Bonchev–Trinajstić information content (AvgIpc) is 3.10. The summed E-state index contributed by atoms with van der Waals surface area (Å²) in [5, 5.41) is 9.52. The first kappa shape index (κ1) is 20.9. The van der Waals surface area contributed by atoms with Crippen LogP contribution in [-0.4, -0.2) is 35.9 Å². The summed E-state index contributed by atoms with van der Waals surface area (Å²) in [5.74, 6) is 1.84. The first-order valence-electron chi connectivity index (χ1n) is 9.62. The van der Waals surface area contributed by atoms with E-state index in [9.17, 15) is 4.79 Å². The number of carbonyl (C=O) groups excluding carboxylic acids is 1. The fraction of sp³-hybridized carbons (Fsp3) is 0.174. The van der Waals surface area contributed by atoms with Crippen LogP contribution in [0.15, 0.2) is 69.3 Å². The Labute approximate surface area is 188 Å². The van der Waals surface area contributed by atoms with Gasteiger partial charge < -0.3 is 14.3 Å². The molecule has 158 valence electrons. The van der Waals surface area contributed by atoms with Crippen molar-refractivity contribution >= 4 is 39.6 Å². The maximum Gasteiger partial charge on any atom is 0.282 e. The number of hydrogen-bond donors (Lipinski definition) is 1. The number of nitrogens with zero attached hydrogens (tertiary/aromatic N) is 2. The number of amides is 1. The minimum Gasteiger partial charge on any atom is -0.490 e. The second kappa shape index (κ2) is 8.77. The van der Waals surface area contributed by atoms with Crippen LogP contribution in [0.1, 0.15) is 18.1 Å². The molecule has 0 aromatic heterocycles. The van der Waals surface area contributed by atoms with Crippen LogP contribution in [0.4, 0.5) is 0 Å². The van der Waals surface area contributed by atoms with Crippen molar-refractivity contribution in [2.45, 2.75) is 13.8 Å². The molecule has 0 spiro atoms. The lowest BCUT2D eigenvalue weighted by Crippen LogP contribution is -2.38. The normalized spacial score (nSPS) is 16.6. The molecule has 0 aliphatic carbocycles. The third-order valence-corrected chi connectivity index (χ3v) is 5.17. The van der Waals surface area contributed by atoms with Gasteiger partial charge in [0.2, 0.25) is 0 Å². The van der Waals surface area contributed by atoms with Crippen LogP contribution in [0, 0.1) is 12.3 Å². The molecule has 8 heteroatoms. The van der Waals surface area contributed by atoms with E-state index in [1.807, 2.05) is 43.3 Å². The van der Waals surface area contributed by atoms with Crippen LogP contribution in [0.25, 0.3) is 6.08 Å². The number of aryl methyl sites for hydroxylation is 1. The van der Waals surface area contributed by atoms with Crippen molar-refractivity contribution in [3.63, 3.8) is 0 Å². The highest BCUT2D eigenvalue weighted by Crippen LogP contribution is 2.29. The van der Waals surface area contributed by atoms with Gasteiger partial charge in [0.15, 0.2) is 11.7 Å². The van der Waals surface area contributed by atoms with Gasteiger partial charge in [-0.05, 0) is 71.2 Å². The molecular weight excluding hydrogens is 462 g/mol. The van der Waals surface area contributed by atoms with Crippen molar-refractivity contribution in [2.24, 2.45) is 4.99 Å². The second-order valence-corrected chi connectivity index (χ2v) is 7.88. The minimum absolute atomic E-state index is 0.0483. The average molecular weight is 482 g/mol. The number of hydroxylamine groups is 2. The number of aliphatic imine (C=N–C) groups is 1. The van der Waals surface area contributed by atoms with Crippen molar-refractivity contribution in [1.82, 2.24) is 5.06 Å². The van der Waals surface area contributed by atoms with Crippen LogP contribution in [0.5, 0.6) is 11.5 Å². The summed E-state index contributed by atoms with van der Waals surface area (Å²) < 4.78 is 12.2. The maximum absolute atomic E-state index is 12.4. The van der Waals surface area contributed by atoms with Crippen LogP contribution in [0.2, 0.25) is 0 Å². The molecule has 1 N–H and O–H groups in total. The molecule has 2 aliphatic rings. The van der Waals surface area contributed by atoms with E-state index in [0.29, 0.717) is 30.6 Å². The zero-order valence-electron chi connectivity index (χ0n) is 17.0. The molecule has 0 saturated heterocycles. The van der Waals surface area contributed by atoms with E-state index < -0.39 is 5.91 Å². The van der Waals surface area contributed by atoms with Crippen LogP contribution >= 0.6 is 15.9 Å². The summed E-state index contributed by atoms with van der Waals surface area (Å²) in [4.78, 5) is 21.8. The first-order chi connectivity index (χ1) is 14.9. The quantitative estimate of drug-likeness (QED) is 0.478. The third-order valence-electron chi connectivity index (χ3n) is 4.55. The van der Waals surface area contributed by atoms with Gasteiger partial charge in [-0.15, -0.1) is 5.06 Å². The largest absolute Gasteiger partial charge is 0.490 e. The SMILES string of the molecule is CC1=CC2=NC(=O)/C(=C\c3ccc(OCCOc4cccc(C)c4)c(Br)c3)C(=N)N2O1. The lowest BCUT2D eigenvalue weighted by atomic mass is 10.1. The molecule has 7 nitrogen and oxygen atoms in total. The van der Waals surface area contributed by atoms with E-state index in [0.717, 1.165) is 21.3 Å². The van der Waals surface area contributed by atoms with E-state index in [1.54, 1.807) is 25.1 Å². The number of amidine groups is 2. The summed E-state index contributed by atoms with van der Waals surface area (Å²) in [6, 6.07) is 13.3. The molecule has 0 bridgehead atoms. The molecule has 0 saturated carbocycles. The zero-order chi connectivity index (χ0) is 22.0. The number of allylic oxidation sites excluding steroid dienone is 1. The molecule has 0 unspecified atom stereocenters. The minimum atomic E-state index is -0.476. The fourth-order valence-corrected chi connectivity index (χ4v) is 3.62. The number of ether oxygens (including phenoxy) is 2. The third kappa shape index (κ3) is 4.69. The molecule has 0 radical (unpaired) electrons. The molecule has 0 fully saturated rings. The van der Waals surface area contributed by atoms with Gasteiger partial charge >= 0.3 is 0 Å². The lowest BCUT2D eigenvalue weighted by molar-refractivity contribution is -0.114. The standard InChI is InChI=1S/C23H20BrN3O4/c1-14-4-3-5-17(10-14)29-8-9-30-20-7-6-16(13-19(20)24)12-18-22(25)27-21(26-23(18)28)11-15(2)31-27/h3-7,10-13,25H,8-9H2,1-2H3/b18-12-,25-22?. The Kier molecular flexibility index (Phi) is 5.90. The smallest absolute Gasteiger partial charge is 0.282 e. The van der Waals surface area contributed by atoms with Crippen molar-refractivity contribution in [3.05, 3.63) is 75.5 Å². The Hall–Kier alpha value is -3.39. The summed E-state index contributed by atoms with van der Waals surface area (Å²) >= 11 is 3.50. The first-order valence-corrected chi connectivity index (χ1v) is 10.4. The zero-order valence-corrected chi connectivity index (χ0v) is 18.6. The monoisotopic (exact) mass is 481 g/mol. The van der Waals surface area contributed by atoms with Gasteiger partial charge in [0.25, 0.3) is 5.91 Å². The highest BCUT2D eigenvalue weighted by molar-refractivity contribution is 9.10. The molecule has 0 atom stereocenters. The van der Waals surface area contributed by atoms with Gasteiger partial charge in [-0.1, -0.05) is 18.2 Å². The van der Waals surface area contributed by atoms with Gasteiger partial charge in [-0.25, -0.2) is 0 Å². The van der Waals surface area contributed by atoms with Gasteiger partial charge in [0, 0.05) is 6.08 Å². The van der Waals surface area contributed by atoms with Gasteiger partial charge in [-0.3, -0.25) is 10.2 Å². The topological polar surface area (TPSA) is 84.2 Å². The fourth-order valence-electron chi connectivity index (χ4n) is 3.11. The van der Waals surface area contributed by atoms with Crippen LogP contribution < -0.4 is 9.47 Å². The molecular formula is C23H20BrN3O4.